The molecule has 0 saturated heterocycles. The molecule has 0 rings (SSSR count). The first-order valence-corrected chi connectivity index (χ1v) is 31.8. The minimum atomic E-state index is -0.785. The Morgan fingerprint density at radius 1 is 0.274 bits per heavy atom. The summed E-state index contributed by atoms with van der Waals surface area (Å²) in [4.78, 5) is 38.3. The number of allylic oxidation sites excluding steroid dienone is 10. The normalized spacial score (nSPS) is 12.4. The molecular weight excluding hydrogens is 901 g/mol. The maximum Gasteiger partial charge on any atom is 0.306 e. The Balaban J connectivity index is 4.30. The molecule has 0 N–H and O–H groups in total. The van der Waals surface area contributed by atoms with E-state index in [0.29, 0.717) is 19.3 Å². The maximum atomic E-state index is 12.9. The highest BCUT2D eigenvalue weighted by molar-refractivity contribution is 5.71. The molecule has 0 aromatic carbocycles. The number of ether oxygens (including phenoxy) is 3. The van der Waals surface area contributed by atoms with Gasteiger partial charge in [-0.1, -0.05) is 261 Å². The molecule has 0 aromatic heterocycles. The van der Waals surface area contributed by atoms with Crippen LogP contribution in [0, 0.1) is 0 Å². The summed E-state index contributed by atoms with van der Waals surface area (Å²) in [7, 11) is 0. The van der Waals surface area contributed by atoms with Crippen LogP contribution < -0.4 is 0 Å². The van der Waals surface area contributed by atoms with Crippen molar-refractivity contribution in [2.24, 2.45) is 0 Å². The van der Waals surface area contributed by atoms with Crippen molar-refractivity contribution in [1.82, 2.24) is 0 Å². The summed E-state index contributed by atoms with van der Waals surface area (Å²) in [6, 6.07) is 0. The van der Waals surface area contributed by atoms with Crippen LogP contribution in [0.25, 0.3) is 0 Å². The number of hydrogen-bond acceptors (Lipinski definition) is 6. The molecule has 0 heterocycles. The number of esters is 3. The average Bonchev–Trinajstić information content (AvgIpc) is 3.39. The van der Waals surface area contributed by atoms with Crippen molar-refractivity contribution < 1.29 is 28.6 Å². The molecule has 0 amide bonds. The quantitative estimate of drug-likeness (QED) is 0.0261. The zero-order valence-corrected chi connectivity index (χ0v) is 48.7. The predicted molar refractivity (Wildman–Crippen MR) is 316 cm³/mol. The third-order valence-corrected chi connectivity index (χ3v) is 14.0. The van der Waals surface area contributed by atoms with Gasteiger partial charge < -0.3 is 14.2 Å². The highest BCUT2D eigenvalue weighted by Gasteiger charge is 2.19. The second kappa shape index (κ2) is 61.7. The molecule has 1 atom stereocenters. The SMILES string of the molecule is CCCCC/C=C\C/C=C\CCCCCCCC(=O)OC(COC(=O)CCCCCCC/C=C\CCCCCCCC)COC(=O)CCCCCCCCCCCCCCC/C=C\C/C=C\CCCCCCC. The Labute approximate surface area is 453 Å². The Morgan fingerprint density at radius 3 is 0.795 bits per heavy atom. The molecule has 0 bridgehead atoms. The van der Waals surface area contributed by atoms with Crippen molar-refractivity contribution in [3.8, 4) is 0 Å². The Bertz CT molecular complexity index is 1310. The van der Waals surface area contributed by atoms with E-state index in [2.05, 4.69) is 81.5 Å². The monoisotopic (exact) mass is 1020 g/mol. The fraction of sp³-hybridized carbons (Fsp3) is 0.806. The lowest BCUT2D eigenvalue weighted by atomic mass is 10.0. The number of carbonyl (C=O) groups is 3. The number of unbranched alkanes of at least 4 members (excludes halogenated alkanes) is 37. The molecule has 6 nitrogen and oxygen atoms in total. The standard InChI is InChI=1S/C67H120O6/c1-4-7-10-13-16-19-22-25-28-29-30-31-32-33-34-35-36-37-40-42-45-48-51-54-57-60-66(69)72-63-64(73-67(70)61-58-55-52-49-46-43-39-27-24-21-18-15-12-9-6-3)62-71-65(68)59-56-53-50-47-44-41-38-26-23-20-17-14-11-8-5-2/h18,21-22,25-27,29-30,38-39,64H,4-17,19-20,23-24,28,31-37,40-63H2,1-3H3/b21-18-,25-22-,30-29-,38-26-,39-27-. The summed E-state index contributed by atoms with van der Waals surface area (Å²) in [5, 5.41) is 0. The first-order valence-electron chi connectivity index (χ1n) is 31.8. The second-order valence-corrected chi connectivity index (χ2v) is 21.3. The second-order valence-electron chi connectivity index (χ2n) is 21.3. The first kappa shape index (κ1) is 70.1. The summed E-state index contributed by atoms with van der Waals surface area (Å²) < 4.78 is 16.9. The van der Waals surface area contributed by atoms with E-state index in [1.165, 1.54) is 193 Å². The topological polar surface area (TPSA) is 78.9 Å². The van der Waals surface area contributed by atoms with Gasteiger partial charge >= 0.3 is 17.9 Å². The van der Waals surface area contributed by atoms with Gasteiger partial charge in [0.1, 0.15) is 13.2 Å². The van der Waals surface area contributed by atoms with Gasteiger partial charge in [-0.15, -0.1) is 0 Å². The lowest BCUT2D eigenvalue weighted by molar-refractivity contribution is -0.167. The summed E-state index contributed by atoms with van der Waals surface area (Å²) in [5.41, 5.74) is 0. The zero-order chi connectivity index (χ0) is 52.9. The zero-order valence-electron chi connectivity index (χ0n) is 48.7. The van der Waals surface area contributed by atoms with Crippen LogP contribution in [0.4, 0.5) is 0 Å². The van der Waals surface area contributed by atoms with Gasteiger partial charge in [0.25, 0.3) is 0 Å². The number of rotatable bonds is 58. The third kappa shape index (κ3) is 59.9. The summed E-state index contributed by atoms with van der Waals surface area (Å²) >= 11 is 0. The van der Waals surface area contributed by atoms with Crippen molar-refractivity contribution >= 4 is 17.9 Å². The van der Waals surface area contributed by atoms with Crippen molar-refractivity contribution in [1.29, 1.82) is 0 Å². The van der Waals surface area contributed by atoms with Crippen LogP contribution in [0.2, 0.25) is 0 Å². The van der Waals surface area contributed by atoms with Crippen LogP contribution in [0.3, 0.4) is 0 Å². The van der Waals surface area contributed by atoms with Crippen molar-refractivity contribution in [2.75, 3.05) is 13.2 Å². The Hall–Kier alpha value is -2.89. The molecule has 424 valence electrons. The van der Waals surface area contributed by atoms with Gasteiger partial charge in [-0.05, 0) is 109 Å². The molecule has 1 unspecified atom stereocenters. The Kier molecular flexibility index (Phi) is 59.2. The molecule has 0 aliphatic carbocycles. The minimum absolute atomic E-state index is 0.0811. The van der Waals surface area contributed by atoms with Crippen LogP contribution in [-0.2, 0) is 28.6 Å². The molecule has 0 aromatic rings. The number of carbonyl (C=O) groups excluding carboxylic acids is 3. The van der Waals surface area contributed by atoms with Gasteiger partial charge in [0.15, 0.2) is 6.10 Å². The minimum Gasteiger partial charge on any atom is -0.462 e. The fourth-order valence-corrected chi connectivity index (χ4v) is 9.15. The van der Waals surface area contributed by atoms with Gasteiger partial charge in [0.05, 0.1) is 0 Å². The fourth-order valence-electron chi connectivity index (χ4n) is 9.15. The molecule has 0 spiro atoms. The molecule has 0 aliphatic heterocycles. The van der Waals surface area contributed by atoms with Crippen molar-refractivity contribution in [3.63, 3.8) is 0 Å². The van der Waals surface area contributed by atoms with E-state index < -0.39 is 6.10 Å². The van der Waals surface area contributed by atoms with Crippen LogP contribution in [0.5, 0.6) is 0 Å². The lowest BCUT2D eigenvalue weighted by Crippen LogP contribution is -2.30. The Morgan fingerprint density at radius 2 is 0.493 bits per heavy atom. The van der Waals surface area contributed by atoms with Crippen LogP contribution in [0.15, 0.2) is 60.8 Å². The van der Waals surface area contributed by atoms with E-state index >= 15 is 0 Å². The van der Waals surface area contributed by atoms with Gasteiger partial charge in [0.2, 0.25) is 0 Å². The van der Waals surface area contributed by atoms with Gasteiger partial charge in [-0.2, -0.15) is 0 Å². The number of hydrogen-bond donors (Lipinski definition) is 0. The predicted octanol–water partition coefficient (Wildman–Crippen LogP) is 21.6. The molecule has 0 saturated carbocycles. The van der Waals surface area contributed by atoms with Gasteiger partial charge in [-0.3, -0.25) is 14.4 Å². The molecule has 0 fully saturated rings. The summed E-state index contributed by atoms with van der Waals surface area (Å²) in [6.07, 6.45) is 77.9. The van der Waals surface area contributed by atoms with E-state index in [1.54, 1.807) is 0 Å². The van der Waals surface area contributed by atoms with Gasteiger partial charge in [-0.25, -0.2) is 0 Å². The van der Waals surface area contributed by atoms with E-state index in [-0.39, 0.29) is 31.1 Å². The summed E-state index contributed by atoms with van der Waals surface area (Å²) in [6.45, 7) is 6.62. The maximum absolute atomic E-state index is 12.9. The molecule has 0 radical (unpaired) electrons. The van der Waals surface area contributed by atoms with Gasteiger partial charge in [0, 0.05) is 19.3 Å². The van der Waals surface area contributed by atoms with Crippen LogP contribution in [-0.4, -0.2) is 37.2 Å². The molecule has 6 heteroatoms. The van der Waals surface area contributed by atoms with Crippen LogP contribution >= 0.6 is 0 Å². The average molecular weight is 1020 g/mol. The largest absolute Gasteiger partial charge is 0.462 e. The van der Waals surface area contributed by atoms with E-state index in [9.17, 15) is 14.4 Å². The lowest BCUT2D eigenvalue weighted by Gasteiger charge is -2.18. The van der Waals surface area contributed by atoms with Crippen molar-refractivity contribution in [3.05, 3.63) is 60.8 Å². The van der Waals surface area contributed by atoms with Crippen LogP contribution in [0.1, 0.15) is 329 Å². The highest BCUT2D eigenvalue weighted by Crippen LogP contribution is 2.16. The van der Waals surface area contributed by atoms with E-state index in [0.717, 1.165) is 96.3 Å². The van der Waals surface area contributed by atoms with Crippen molar-refractivity contribution in [2.45, 2.75) is 335 Å². The molecular formula is C67H120O6. The van der Waals surface area contributed by atoms with E-state index in [1.807, 2.05) is 0 Å². The highest BCUT2D eigenvalue weighted by atomic mass is 16.6. The smallest absolute Gasteiger partial charge is 0.306 e. The van der Waals surface area contributed by atoms with E-state index in [4.69, 9.17) is 14.2 Å². The third-order valence-electron chi connectivity index (χ3n) is 14.0. The molecule has 73 heavy (non-hydrogen) atoms. The summed E-state index contributed by atoms with van der Waals surface area (Å²) in [5.74, 6) is -0.889. The first-order chi connectivity index (χ1) is 36.0. The molecule has 0 aliphatic rings.